The molecule has 1 aromatic heterocycles. The predicted molar refractivity (Wildman–Crippen MR) is 108 cm³/mol. The summed E-state index contributed by atoms with van der Waals surface area (Å²) in [5, 5.41) is 9.07. The van der Waals surface area contributed by atoms with Crippen molar-refractivity contribution >= 4 is 46.3 Å². The number of nitrogens with zero attached hydrogens (tertiary/aromatic N) is 1. The summed E-state index contributed by atoms with van der Waals surface area (Å²) in [4.78, 5) is 27.7. The summed E-state index contributed by atoms with van der Waals surface area (Å²) in [5.41, 5.74) is 2.47. The van der Waals surface area contributed by atoms with Gasteiger partial charge in [-0.15, -0.1) is 0 Å². The van der Waals surface area contributed by atoms with Crippen molar-refractivity contribution in [2.45, 2.75) is 6.92 Å². The number of nitrogens with one attached hydrogen (secondary N) is 3. The highest BCUT2D eigenvalue weighted by Crippen LogP contribution is 2.22. The maximum atomic E-state index is 12.5. The van der Waals surface area contributed by atoms with Crippen LogP contribution in [0.2, 0.25) is 5.02 Å². The van der Waals surface area contributed by atoms with Gasteiger partial charge in [0.15, 0.2) is 0 Å². The maximum Gasteiger partial charge on any atom is 0.255 e. The normalized spacial score (nSPS) is 10.1. The van der Waals surface area contributed by atoms with E-state index in [1.165, 1.54) is 6.92 Å². The van der Waals surface area contributed by atoms with Crippen molar-refractivity contribution < 1.29 is 9.59 Å². The first-order valence-electron chi connectivity index (χ1n) is 8.18. The molecule has 2 amide bonds. The van der Waals surface area contributed by atoms with Crippen LogP contribution in [0.4, 0.5) is 22.9 Å². The fraction of sp³-hybridized carbons (Fsp3) is 0.0500. The van der Waals surface area contributed by atoms with Crippen LogP contribution in [0.3, 0.4) is 0 Å². The number of carbonyl (C=O) groups is 2. The number of pyridine rings is 1. The second kappa shape index (κ2) is 8.33. The summed E-state index contributed by atoms with van der Waals surface area (Å²) < 4.78 is 0. The summed E-state index contributed by atoms with van der Waals surface area (Å²) in [5.74, 6) is 0.109. The van der Waals surface area contributed by atoms with E-state index in [-0.39, 0.29) is 11.8 Å². The lowest BCUT2D eigenvalue weighted by molar-refractivity contribution is -0.114. The molecule has 3 aromatic rings. The molecule has 0 radical (unpaired) electrons. The number of hydrogen-bond donors (Lipinski definition) is 3. The minimum absolute atomic E-state index is 0.130. The van der Waals surface area contributed by atoms with E-state index in [1.54, 1.807) is 54.7 Å². The Balaban J connectivity index is 1.70. The van der Waals surface area contributed by atoms with Gasteiger partial charge in [0.1, 0.15) is 5.82 Å². The lowest BCUT2D eigenvalue weighted by Crippen LogP contribution is -2.12. The first kappa shape index (κ1) is 18.4. The van der Waals surface area contributed by atoms with Crippen LogP contribution in [-0.2, 0) is 4.79 Å². The Morgan fingerprint density at radius 1 is 0.926 bits per heavy atom. The van der Waals surface area contributed by atoms with Gasteiger partial charge in [-0.2, -0.15) is 0 Å². The average Bonchev–Trinajstić information content (AvgIpc) is 2.65. The molecule has 1 heterocycles. The van der Waals surface area contributed by atoms with E-state index in [9.17, 15) is 9.59 Å². The Morgan fingerprint density at radius 3 is 2.33 bits per heavy atom. The molecular weight excluding hydrogens is 364 g/mol. The molecule has 0 saturated carbocycles. The Bertz CT molecular complexity index is 974. The maximum absolute atomic E-state index is 12.5. The molecule has 3 N–H and O–H groups in total. The van der Waals surface area contributed by atoms with Crippen LogP contribution in [0.15, 0.2) is 66.9 Å². The molecular formula is C20H17ClN4O2. The lowest BCUT2D eigenvalue weighted by atomic mass is 10.2. The zero-order chi connectivity index (χ0) is 19.2. The van der Waals surface area contributed by atoms with E-state index in [1.807, 2.05) is 12.1 Å². The van der Waals surface area contributed by atoms with Crippen molar-refractivity contribution in [3.63, 3.8) is 0 Å². The third-order valence-electron chi connectivity index (χ3n) is 3.62. The molecule has 2 aromatic carbocycles. The molecule has 0 spiro atoms. The van der Waals surface area contributed by atoms with Gasteiger partial charge < -0.3 is 16.0 Å². The molecule has 3 rings (SSSR count). The summed E-state index contributed by atoms with van der Waals surface area (Å²) in [6.07, 6.45) is 1.55. The molecule has 0 unspecified atom stereocenters. The van der Waals surface area contributed by atoms with Crippen LogP contribution in [0.25, 0.3) is 0 Å². The first-order valence-corrected chi connectivity index (χ1v) is 8.56. The van der Waals surface area contributed by atoms with Gasteiger partial charge in [-0.1, -0.05) is 23.7 Å². The molecule has 27 heavy (non-hydrogen) atoms. The monoisotopic (exact) mass is 380 g/mol. The lowest BCUT2D eigenvalue weighted by Gasteiger charge is -2.10. The van der Waals surface area contributed by atoms with Crippen LogP contribution in [-0.4, -0.2) is 16.8 Å². The summed E-state index contributed by atoms with van der Waals surface area (Å²) >= 11 is 6.07. The fourth-order valence-electron chi connectivity index (χ4n) is 2.39. The third-order valence-corrected chi connectivity index (χ3v) is 3.95. The van der Waals surface area contributed by atoms with Crippen molar-refractivity contribution in [2.24, 2.45) is 0 Å². The number of aromatic nitrogens is 1. The molecule has 0 bridgehead atoms. The molecule has 0 aliphatic carbocycles. The molecule has 6 nitrogen and oxygen atoms in total. The van der Waals surface area contributed by atoms with E-state index in [4.69, 9.17) is 11.6 Å². The molecule has 0 aliphatic rings. The smallest absolute Gasteiger partial charge is 0.255 e. The Hall–Kier alpha value is -3.38. The number of benzene rings is 2. The predicted octanol–water partition coefficient (Wildman–Crippen LogP) is 4.69. The molecule has 7 heteroatoms. The third kappa shape index (κ3) is 5.05. The van der Waals surface area contributed by atoms with Gasteiger partial charge in [-0.3, -0.25) is 9.59 Å². The fourth-order valence-corrected chi connectivity index (χ4v) is 2.57. The first-order chi connectivity index (χ1) is 13.0. The summed E-state index contributed by atoms with van der Waals surface area (Å²) in [7, 11) is 0. The Labute approximate surface area is 161 Å². The van der Waals surface area contributed by atoms with Crippen LogP contribution in [0.5, 0.6) is 0 Å². The van der Waals surface area contributed by atoms with E-state index in [0.29, 0.717) is 27.8 Å². The van der Waals surface area contributed by atoms with Crippen LogP contribution in [0.1, 0.15) is 17.3 Å². The van der Waals surface area contributed by atoms with Gasteiger partial charge in [-0.25, -0.2) is 4.98 Å². The number of para-hydroxylation sites is 1. The van der Waals surface area contributed by atoms with Gasteiger partial charge in [0.25, 0.3) is 5.91 Å². The highest BCUT2D eigenvalue weighted by atomic mass is 35.5. The SMILES string of the molecule is CC(=O)Nc1ccc(Nc2cc(C(=O)Nc3ccccc3Cl)ccn2)cc1. The highest BCUT2D eigenvalue weighted by Gasteiger charge is 2.09. The minimum atomic E-state index is -0.283. The molecule has 0 atom stereocenters. The van der Waals surface area contributed by atoms with Gasteiger partial charge >= 0.3 is 0 Å². The van der Waals surface area contributed by atoms with E-state index in [0.717, 1.165) is 5.69 Å². The standard InChI is InChI=1S/C20H17ClN4O2/c1-13(26)23-15-6-8-16(9-7-15)24-19-12-14(10-11-22-19)20(27)25-18-5-3-2-4-17(18)21/h2-12H,1H3,(H,22,24)(H,23,26)(H,25,27). The number of rotatable bonds is 5. The van der Waals surface area contributed by atoms with Crippen LogP contribution >= 0.6 is 11.6 Å². The van der Waals surface area contributed by atoms with Gasteiger partial charge in [0.2, 0.25) is 5.91 Å². The minimum Gasteiger partial charge on any atom is -0.340 e. The topological polar surface area (TPSA) is 83.1 Å². The molecule has 0 saturated heterocycles. The Kier molecular flexibility index (Phi) is 5.68. The van der Waals surface area contributed by atoms with Crippen LogP contribution in [0, 0.1) is 0 Å². The van der Waals surface area contributed by atoms with Gasteiger partial charge in [-0.05, 0) is 48.5 Å². The van der Waals surface area contributed by atoms with Crippen molar-refractivity contribution in [2.75, 3.05) is 16.0 Å². The number of carbonyl (C=O) groups excluding carboxylic acids is 2. The van der Waals surface area contributed by atoms with Crippen molar-refractivity contribution in [3.8, 4) is 0 Å². The average molecular weight is 381 g/mol. The highest BCUT2D eigenvalue weighted by molar-refractivity contribution is 6.33. The van der Waals surface area contributed by atoms with Gasteiger partial charge in [0.05, 0.1) is 10.7 Å². The van der Waals surface area contributed by atoms with E-state index >= 15 is 0 Å². The van der Waals surface area contributed by atoms with Crippen molar-refractivity contribution in [1.29, 1.82) is 0 Å². The van der Waals surface area contributed by atoms with Gasteiger partial charge in [0, 0.05) is 30.1 Å². The van der Waals surface area contributed by atoms with Crippen molar-refractivity contribution in [1.82, 2.24) is 4.98 Å². The summed E-state index contributed by atoms with van der Waals surface area (Å²) in [6.45, 7) is 1.45. The van der Waals surface area contributed by atoms with E-state index in [2.05, 4.69) is 20.9 Å². The van der Waals surface area contributed by atoms with E-state index < -0.39 is 0 Å². The van der Waals surface area contributed by atoms with Crippen molar-refractivity contribution in [3.05, 3.63) is 77.4 Å². The Morgan fingerprint density at radius 2 is 1.63 bits per heavy atom. The zero-order valence-corrected chi connectivity index (χ0v) is 15.2. The summed E-state index contributed by atoms with van der Waals surface area (Å²) in [6, 6.07) is 17.5. The van der Waals surface area contributed by atoms with Crippen LogP contribution < -0.4 is 16.0 Å². The molecule has 0 aliphatic heterocycles. The number of hydrogen-bond acceptors (Lipinski definition) is 4. The second-order valence-electron chi connectivity index (χ2n) is 5.75. The molecule has 136 valence electrons. The zero-order valence-electron chi connectivity index (χ0n) is 14.5. The second-order valence-corrected chi connectivity index (χ2v) is 6.15. The largest absolute Gasteiger partial charge is 0.340 e. The molecule has 0 fully saturated rings. The number of halogens is 1. The quantitative estimate of drug-likeness (QED) is 0.599. The number of anilines is 4. The number of amides is 2.